The van der Waals surface area contributed by atoms with Gasteiger partial charge in [-0.25, -0.2) is 0 Å². The van der Waals surface area contributed by atoms with Gasteiger partial charge >= 0.3 is 0 Å². The smallest absolute Gasteiger partial charge is 0.126 e. The average Bonchev–Trinajstić information content (AvgIpc) is 2.47. The summed E-state index contributed by atoms with van der Waals surface area (Å²) < 4.78 is 5.44. The molecule has 0 saturated carbocycles. The van der Waals surface area contributed by atoms with Crippen molar-refractivity contribution in [3.63, 3.8) is 0 Å². The SMILES string of the molecule is COc1ccc(CNCC(C)C(C)C)c2ccccc12. The summed E-state index contributed by atoms with van der Waals surface area (Å²) in [6.45, 7) is 8.80. The summed E-state index contributed by atoms with van der Waals surface area (Å²) in [4.78, 5) is 0. The van der Waals surface area contributed by atoms with Gasteiger partial charge in [0.1, 0.15) is 5.75 Å². The number of hydrogen-bond donors (Lipinski definition) is 1. The predicted octanol–water partition coefficient (Wildman–Crippen LogP) is 4.23. The van der Waals surface area contributed by atoms with Gasteiger partial charge in [0.25, 0.3) is 0 Å². The number of nitrogens with one attached hydrogen (secondary N) is 1. The van der Waals surface area contributed by atoms with Crippen LogP contribution in [0.2, 0.25) is 0 Å². The average molecular weight is 271 g/mol. The van der Waals surface area contributed by atoms with Crippen LogP contribution in [0.1, 0.15) is 26.3 Å². The van der Waals surface area contributed by atoms with Crippen LogP contribution in [0.3, 0.4) is 0 Å². The summed E-state index contributed by atoms with van der Waals surface area (Å²) in [5.41, 5.74) is 1.33. The standard InChI is InChI=1S/C18H25NO/c1-13(2)14(3)11-19-12-15-9-10-18(20-4)17-8-6-5-7-16(15)17/h5-10,13-14,19H,11-12H2,1-4H3. The van der Waals surface area contributed by atoms with Crippen molar-refractivity contribution in [1.82, 2.24) is 5.32 Å². The Morgan fingerprint density at radius 1 is 1.00 bits per heavy atom. The number of rotatable bonds is 6. The van der Waals surface area contributed by atoms with Crippen LogP contribution >= 0.6 is 0 Å². The van der Waals surface area contributed by atoms with Crippen LogP contribution in [0.25, 0.3) is 10.8 Å². The zero-order valence-electron chi connectivity index (χ0n) is 12.9. The van der Waals surface area contributed by atoms with Crippen LogP contribution in [0.15, 0.2) is 36.4 Å². The molecule has 0 amide bonds. The van der Waals surface area contributed by atoms with Crippen LogP contribution < -0.4 is 10.1 Å². The van der Waals surface area contributed by atoms with E-state index in [0.29, 0.717) is 5.92 Å². The van der Waals surface area contributed by atoms with Gasteiger partial charge in [0.15, 0.2) is 0 Å². The van der Waals surface area contributed by atoms with Crippen molar-refractivity contribution in [1.29, 1.82) is 0 Å². The van der Waals surface area contributed by atoms with Crippen LogP contribution in [-0.2, 0) is 6.54 Å². The second-order valence-corrected chi connectivity index (χ2v) is 5.82. The molecule has 0 aliphatic carbocycles. The molecule has 2 nitrogen and oxygen atoms in total. The van der Waals surface area contributed by atoms with Crippen LogP contribution in [0, 0.1) is 11.8 Å². The molecule has 1 N–H and O–H groups in total. The zero-order chi connectivity index (χ0) is 14.5. The van der Waals surface area contributed by atoms with Crippen LogP contribution in [-0.4, -0.2) is 13.7 Å². The molecule has 0 saturated heterocycles. The number of methoxy groups -OCH3 is 1. The molecule has 0 heterocycles. The second kappa shape index (κ2) is 6.76. The Labute approximate surface area is 122 Å². The summed E-state index contributed by atoms with van der Waals surface area (Å²) in [5, 5.41) is 6.03. The van der Waals surface area contributed by atoms with Gasteiger partial charge in [0.2, 0.25) is 0 Å². The first kappa shape index (κ1) is 14.9. The van der Waals surface area contributed by atoms with Crippen LogP contribution in [0.4, 0.5) is 0 Å². The Hall–Kier alpha value is -1.54. The molecule has 0 bridgehead atoms. The number of fused-ring (bicyclic) bond motifs is 1. The molecule has 2 rings (SSSR count). The first-order valence-corrected chi connectivity index (χ1v) is 7.38. The van der Waals surface area contributed by atoms with E-state index < -0.39 is 0 Å². The topological polar surface area (TPSA) is 21.3 Å². The van der Waals surface area contributed by atoms with E-state index in [1.54, 1.807) is 7.11 Å². The molecule has 2 heteroatoms. The molecule has 0 aromatic heterocycles. The van der Waals surface area contributed by atoms with E-state index >= 15 is 0 Å². The molecule has 1 unspecified atom stereocenters. The highest BCUT2D eigenvalue weighted by Crippen LogP contribution is 2.28. The molecule has 2 aromatic rings. The van der Waals surface area contributed by atoms with Gasteiger partial charge in [0.05, 0.1) is 7.11 Å². The lowest BCUT2D eigenvalue weighted by molar-refractivity contribution is 0.392. The quantitative estimate of drug-likeness (QED) is 0.849. The fourth-order valence-electron chi connectivity index (χ4n) is 2.34. The van der Waals surface area contributed by atoms with Crippen molar-refractivity contribution in [2.45, 2.75) is 27.3 Å². The lowest BCUT2D eigenvalue weighted by Crippen LogP contribution is -2.23. The molecule has 20 heavy (non-hydrogen) atoms. The molecular formula is C18H25NO. The highest BCUT2D eigenvalue weighted by molar-refractivity contribution is 5.91. The van der Waals surface area contributed by atoms with Gasteiger partial charge in [0, 0.05) is 11.9 Å². The molecule has 108 valence electrons. The normalized spacial score (nSPS) is 12.8. The Morgan fingerprint density at radius 2 is 1.70 bits per heavy atom. The van der Waals surface area contributed by atoms with Crippen molar-refractivity contribution < 1.29 is 4.74 Å². The third kappa shape index (κ3) is 3.31. The van der Waals surface area contributed by atoms with E-state index in [2.05, 4.69) is 62.5 Å². The molecule has 0 radical (unpaired) electrons. The summed E-state index contributed by atoms with van der Waals surface area (Å²) in [5.74, 6) is 2.36. The third-order valence-electron chi connectivity index (χ3n) is 4.11. The minimum absolute atomic E-state index is 0.694. The first-order chi connectivity index (χ1) is 9.63. The summed E-state index contributed by atoms with van der Waals surface area (Å²) in [6.07, 6.45) is 0. The van der Waals surface area contributed by atoms with Crippen molar-refractivity contribution in [2.75, 3.05) is 13.7 Å². The Morgan fingerprint density at radius 3 is 2.35 bits per heavy atom. The predicted molar refractivity (Wildman–Crippen MR) is 86.2 cm³/mol. The van der Waals surface area contributed by atoms with Crippen molar-refractivity contribution in [3.8, 4) is 5.75 Å². The molecular weight excluding hydrogens is 246 g/mol. The van der Waals surface area contributed by atoms with E-state index in [1.165, 1.54) is 16.3 Å². The van der Waals surface area contributed by atoms with Gasteiger partial charge in [-0.15, -0.1) is 0 Å². The van der Waals surface area contributed by atoms with Gasteiger partial charge in [-0.1, -0.05) is 51.1 Å². The largest absolute Gasteiger partial charge is 0.496 e. The van der Waals surface area contributed by atoms with E-state index in [-0.39, 0.29) is 0 Å². The van der Waals surface area contributed by atoms with E-state index in [9.17, 15) is 0 Å². The molecule has 0 aliphatic rings. The summed E-state index contributed by atoms with van der Waals surface area (Å²) in [6, 6.07) is 12.7. The van der Waals surface area contributed by atoms with Gasteiger partial charge < -0.3 is 10.1 Å². The second-order valence-electron chi connectivity index (χ2n) is 5.82. The summed E-state index contributed by atoms with van der Waals surface area (Å²) in [7, 11) is 1.73. The molecule has 2 aromatic carbocycles. The maximum atomic E-state index is 5.44. The highest BCUT2D eigenvalue weighted by atomic mass is 16.5. The minimum atomic E-state index is 0.694. The lowest BCUT2D eigenvalue weighted by atomic mass is 9.98. The van der Waals surface area contributed by atoms with Gasteiger partial charge in [-0.2, -0.15) is 0 Å². The van der Waals surface area contributed by atoms with Crippen molar-refractivity contribution >= 4 is 10.8 Å². The van der Waals surface area contributed by atoms with E-state index in [1.807, 2.05) is 0 Å². The fraction of sp³-hybridized carbons (Fsp3) is 0.444. The molecule has 0 spiro atoms. The third-order valence-corrected chi connectivity index (χ3v) is 4.11. The monoisotopic (exact) mass is 271 g/mol. The molecule has 0 aliphatic heterocycles. The minimum Gasteiger partial charge on any atom is -0.496 e. The maximum Gasteiger partial charge on any atom is 0.126 e. The highest BCUT2D eigenvalue weighted by Gasteiger charge is 2.08. The van der Waals surface area contributed by atoms with Gasteiger partial charge in [-0.3, -0.25) is 0 Å². The molecule has 1 atom stereocenters. The first-order valence-electron chi connectivity index (χ1n) is 7.38. The van der Waals surface area contributed by atoms with Gasteiger partial charge in [-0.05, 0) is 35.4 Å². The number of ether oxygens (including phenoxy) is 1. The zero-order valence-corrected chi connectivity index (χ0v) is 12.9. The number of benzene rings is 2. The van der Waals surface area contributed by atoms with E-state index in [0.717, 1.165) is 24.8 Å². The van der Waals surface area contributed by atoms with Crippen molar-refractivity contribution in [2.24, 2.45) is 11.8 Å². The lowest BCUT2D eigenvalue weighted by Gasteiger charge is -2.17. The van der Waals surface area contributed by atoms with E-state index in [4.69, 9.17) is 4.74 Å². The Balaban J connectivity index is 2.15. The number of hydrogen-bond acceptors (Lipinski definition) is 2. The maximum absolute atomic E-state index is 5.44. The van der Waals surface area contributed by atoms with Crippen molar-refractivity contribution in [3.05, 3.63) is 42.0 Å². The molecule has 0 fully saturated rings. The Kier molecular flexibility index (Phi) is 5.02. The summed E-state index contributed by atoms with van der Waals surface area (Å²) >= 11 is 0. The Bertz CT molecular complexity index is 562. The van der Waals surface area contributed by atoms with Crippen LogP contribution in [0.5, 0.6) is 5.75 Å². The fourth-order valence-corrected chi connectivity index (χ4v) is 2.34.